The van der Waals surface area contributed by atoms with Crippen LogP contribution in [0, 0.1) is 11.6 Å². The number of pyridine rings is 1. The zero-order valence-corrected chi connectivity index (χ0v) is 18.8. The molecule has 0 spiro atoms. The summed E-state index contributed by atoms with van der Waals surface area (Å²) in [6.07, 6.45) is 3.52. The third-order valence-electron chi connectivity index (χ3n) is 5.42. The first-order valence-electron chi connectivity index (χ1n) is 11.0. The van der Waals surface area contributed by atoms with Gasteiger partial charge in [-0.05, 0) is 71.3 Å². The van der Waals surface area contributed by atoms with Crippen molar-refractivity contribution in [1.82, 2.24) is 10.3 Å². The number of carbonyl (C=O) groups is 2. The predicted molar refractivity (Wildman–Crippen MR) is 130 cm³/mol. The molecule has 5 nitrogen and oxygen atoms in total. The van der Waals surface area contributed by atoms with E-state index < -0.39 is 11.7 Å². The minimum atomic E-state index is -0.509. The Kier molecular flexibility index (Phi) is 7.57. The lowest BCUT2D eigenvalue weighted by Gasteiger charge is -2.23. The predicted octanol–water partition coefficient (Wildman–Crippen LogP) is 5.07. The van der Waals surface area contributed by atoms with Gasteiger partial charge in [-0.15, -0.1) is 0 Å². The molecule has 0 unspecified atom stereocenters. The van der Waals surface area contributed by atoms with Crippen molar-refractivity contribution in [2.24, 2.45) is 0 Å². The molecule has 35 heavy (non-hydrogen) atoms. The summed E-state index contributed by atoms with van der Waals surface area (Å²) in [5.41, 5.74) is 3.23. The first kappa shape index (κ1) is 23.8. The van der Waals surface area contributed by atoms with Crippen LogP contribution in [-0.2, 0) is 24.3 Å². The Bertz CT molecular complexity index is 1290. The van der Waals surface area contributed by atoms with Gasteiger partial charge in [-0.25, -0.2) is 8.78 Å². The van der Waals surface area contributed by atoms with Crippen LogP contribution in [0.3, 0.4) is 0 Å². The van der Waals surface area contributed by atoms with Crippen molar-refractivity contribution in [3.63, 3.8) is 0 Å². The average molecular weight is 472 g/mol. The fourth-order valence-corrected chi connectivity index (χ4v) is 3.57. The molecule has 4 rings (SSSR count). The van der Waals surface area contributed by atoms with E-state index in [4.69, 9.17) is 0 Å². The summed E-state index contributed by atoms with van der Waals surface area (Å²) in [7, 11) is 0. The van der Waals surface area contributed by atoms with E-state index in [0.29, 0.717) is 12.2 Å². The maximum atomic E-state index is 13.8. The molecule has 1 N–H and O–H groups in total. The van der Waals surface area contributed by atoms with Gasteiger partial charge in [0.05, 0.1) is 13.0 Å². The van der Waals surface area contributed by atoms with Gasteiger partial charge in [-0.3, -0.25) is 14.6 Å². The Morgan fingerprint density at radius 1 is 0.771 bits per heavy atom. The van der Waals surface area contributed by atoms with Crippen molar-refractivity contribution < 1.29 is 18.4 Å². The number of benzene rings is 3. The molecule has 0 saturated heterocycles. The molecule has 0 atom stereocenters. The maximum absolute atomic E-state index is 13.8. The highest BCUT2D eigenvalue weighted by Crippen LogP contribution is 2.22. The monoisotopic (exact) mass is 471 g/mol. The van der Waals surface area contributed by atoms with Gasteiger partial charge < -0.3 is 10.2 Å². The molecule has 3 aromatic carbocycles. The van der Waals surface area contributed by atoms with E-state index in [2.05, 4.69) is 10.3 Å². The van der Waals surface area contributed by atoms with Crippen LogP contribution in [0.1, 0.15) is 27.0 Å². The van der Waals surface area contributed by atoms with Crippen LogP contribution in [-0.4, -0.2) is 16.8 Å². The number of anilines is 1. The molecule has 7 heteroatoms. The van der Waals surface area contributed by atoms with E-state index in [1.165, 1.54) is 35.2 Å². The second kappa shape index (κ2) is 11.2. The molecule has 0 aliphatic rings. The molecule has 1 heterocycles. The highest BCUT2D eigenvalue weighted by atomic mass is 19.1. The van der Waals surface area contributed by atoms with Crippen molar-refractivity contribution in [3.8, 4) is 0 Å². The highest BCUT2D eigenvalue weighted by Gasteiger charge is 2.19. The Morgan fingerprint density at radius 3 is 2.14 bits per heavy atom. The van der Waals surface area contributed by atoms with Gasteiger partial charge >= 0.3 is 0 Å². The fourth-order valence-electron chi connectivity index (χ4n) is 3.57. The number of amides is 2. The molecule has 0 aliphatic heterocycles. The first-order chi connectivity index (χ1) is 17.0. The van der Waals surface area contributed by atoms with E-state index in [0.717, 1.165) is 16.7 Å². The van der Waals surface area contributed by atoms with Crippen molar-refractivity contribution in [1.29, 1.82) is 0 Å². The molecule has 0 radical (unpaired) electrons. The summed E-state index contributed by atoms with van der Waals surface area (Å²) in [5, 5.41) is 2.87. The summed E-state index contributed by atoms with van der Waals surface area (Å²) < 4.78 is 27.1. The van der Waals surface area contributed by atoms with Crippen LogP contribution < -0.4 is 10.2 Å². The summed E-state index contributed by atoms with van der Waals surface area (Å²) in [6, 6.07) is 22.0. The first-order valence-corrected chi connectivity index (χ1v) is 11.0. The number of halogens is 2. The number of hydrogen-bond acceptors (Lipinski definition) is 3. The Hall–Kier alpha value is -4.39. The van der Waals surface area contributed by atoms with Crippen LogP contribution in [0.15, 0.2) is 97.3 Å². The number of hydrogen-bond donors (Lipinski definition) is 1. The largest absolute Gasteiger partial charge is 0.352 e. The summed E-state index contributed by atoms with van der Waals surface area (Å²) >= 11 is 0. The van der Waals surface area contributed by atoms with E-state index >= 15 is 0 Å². The van der Waals surface area contributed by atoms with Crippen molar-refractivity contribution >= 4 is 17.5 Å². The third kappa shape index (κ3) is 6.57. The third-order valence-corrected chi connectivity index (χ3v) is 5.42. The van der Waals surface area contributed by atoms with E-state index in [-0.39, 0.29) is 30.3 Å². The average Bonchev–Trinajstić information content (AvgIpc) is 2.88. The topological polar surface area (TPSA) is 62.3 Å². The van der Waals surface area contributed by atoms with Crippen LogP contribution in [0.5, 0.6) is 0 Å². The molecule has 0 aliphatic carbocycles. The van der Waals surface area contributed by atoms with Gasteiger partial charge in [-0.2, -0.15) is 0 Å². The summed E-state index contributed by atoms with van der Waals surface area (Å²) in [5.74, 6) is -1.40. The number of nitrogens with one attached hydrogen (secondary N) is 1. The highest BCUT2D eigenvalue weighted by molar-refractivity contribution is 6.06. The van der Waals surface area contributed by atoms with E-state index in [1.807, 2.05) is 12.1 Å². The fraction of sp³-hybridized carbons (Fsp3) is 0.107. The molecule has 0 saturated carbocycles. The summed E-state index contributed by atoms with van der Waals surface area (Å²) in [6.45, 7) is 0.578. The standard InChI is InChI=1S/C28H23F2N3O2/c29-24-8-4-22(5-9-24)19-33(28(35)23-2-1-3-25(30)17-23)26-10-6-20(7-11-26)16-27(34)32-18-21-12-14-31-15-13-21/h1-15,17H,16,18-19H2,(H,32,34). The van der Waals surface area contributed by atoms with Crippen molar-refractivity contribution in [2.75, 3.05) is 4.90 Å². The zero-order chi connectivity index (χ0) is 24.6. The van der Waals surface area contributed by atoms with Crippen LogP contribution in [0.2, 0.25) is 0 Å². The van der Waals surface area contributed by atoms with E-state index in [9.17, 15) is 18.4 Å². The Balaban J connectivity index is 1.49. The molecular weight excluding hydrogens is 448 g/mol. The lowest BCUT2D eigenvalue weighted by atomic mass is 10.1. The van der Waals surface area contributed by atoms with Gasteiger partial charge in [-0.1, -0.05) is 30.3 Å². The summed E-state index contributed by atoms with van der Waals surface area (Å²) in [4.78, 5) is 31.1. The molecule has 4 aromatic rings. The van der Waals surface area contributed by atoms with Crippen molar-refractivity contribution in [2.45, 2.75) is 19.5 Å². The Morgan fingerprint density at radius 2 is 1.46 bits per heavy atom. The van der Waals surface area contributed by atoms with Gasteiger partial charge in [0.15, 0.2) is 0 Å². The smallest absolute Gasteiger partial charge is 0.258 e. The number of rotatable bonds is 8. The molecule has 1 aromatic heterocycles. The SMILES string of the molecule is O=C(Cc1ccc(N(Cc2ccc(F)cc2)C(=O)c2cccc(F)c2)cc1)NCc1ccncc1. The maximum Gasteiger partial charge on any atom is 0.258 e. The lowest BCUT2D eigenvalue weighted by molar-refractivity contribution is -0.120. The van der Waals surface area contributed by atoms with Crippen LogP contribution in [0.25, 0.3) is 0 Å². The second-order valence-electron chi connectivity index (χ2n) is 8.00. The van der Waals surface area contributed by atoms with Gasteiger partial charge in [0.25, 0.3) is 5.91 Å². The number of aromatic nitrogens is 1. The van der Waals surface area contributed by atoms with Gasteiger partial charge in [0.2, 0.25) is 5.91 Å². The Labute approximate surface area is 202 Å². The zero-order valence-electron chi connectivity index (χ0n) is 18.8. The van der Waals surface area contributed by atoms with E-state index in [1.54, 1.807) is 54.9 Å². The number of nitrogens with zero attached hydrogens (tertiary/aromatic N) is 2. The molecule has 0 fully saturated rings. The molecule has 0 bridgehead atoms. The van der Waals surface area contributed by atoms with Crippen LogP contribution >= 0.6 is 0 Å². The quantitative estimate of drug-likeness (QED) is 0.391. The number of carbonyl (C=O) groups excluding carboxylic acids is 2. The van der Waals surface area contributed by atoms with Gasteiger partial charge in [0.1, 0.15) is 11.6 Å². The lowest BCUT2D eigenvalue weighted by Crippen LogP contribution is -2.30. The van der Waals surface area contributed by atoms with Gasteiger partial charge in [0, 0.05) is 30.2 Å². The van der Waals surface area contributed by atoms with Crippen molar-refractivity contribution in [3.05, 3.63) is 131 Å². The normalized spacial score (nSPS) is 10.6. The van der Waals surface area contributed by atoms with Crippen LogP contribution in [0.4, 0.5) is 14.5 Å². The minimum absolute atomic E-state index is 0.131. The second-order valence-corrected chi connectivity index (χ2v) is 8.00. The molecule has 176 valence electrons. The minimum Gasteiger partial charge on any atom is -0.352 e. The molecule has 2 amide bonds. The molecular formula is C28H23F2N3O2.